The fourth-order valence-corrected chi connectivity index (χ4v) is 2.53. The molecule has 0 bridgehead atoms. The molecule has 1 unspecified atom stereocenters. The third kappa shape index (κ3) is 2.46. The highest BCUT2D eigenvalue weighted by Crippen LogP contribution is 2.29. The van der Waals surface area contributed by atoms with Gasteiger partial charge in [0, 0.05) is 5.56 Å². The summed E-state index contributed by atoms with van der Waals surface area (Å²) in [7, 11) is 0. The summed E-state index contributed by atoms with van der Waals surface area (Å²) < 4.78 is 5.27. The number of primary amides is 1. The average molecular weight is 313 g/mol. The number of rotatable bonds is 4. The number of urea groups is 1. The van der Waals surface area contributed by atoms with Crippen LogP contribution in [0.2, 0.25) is 0 Å². The Hall–Kier alpha value is -3.09. The van der Waals surface area contributed by atoms with Crippen molar-refractivity contribution in [3.63, 3.8) is 0 Å². The van der Waals surface area contributed by atoms with Gasteiger partial charge in [0.05, 0.1) is 12.8 Å². The van der Waals surface area contributed by atoms with E-state index in [0.717, 1.165) is 4.90 Å². The number of nitrogens with zero attached hydrogens (tertiary/aromatic N) is 1. The second-order valence-electron chi connectivity index (χ2n) is 5.48. The minimum absolute atomic E-state index is 0.0972. The first kappa shape index (κ1) is 14.8. The van der Waals surface area contributed by atoms with Crippen molar-refractivity contribution in [1.29, 1.82) is 0 Å². The minimum atomic E-state index is -1.21. The Morgan fingerprint density at radius 2 is 1.96 bits per heavy atom. The highest BCUT2D eigenvalue weighted by molar-refractivity contribution is 6.06. The summed E-state index contributed by atoms with van der Waals surface area (Å²) in [5, 5.41) is 2.65. The predicted molar refractivity (Wildman–Crippen MR) is 80.1 cm³/mol. The number of imide groups is 1. The molecule has 7 heteroatoms. The summed E-state index contributed by atoms with van der Waals surface area (Å²) in [5.41, 5.74) is 5.05. The zero-order chi connectivity index (χ0) is 16.6. The number of carbonyl (C=O) groups is 3. The van der Waals surface area contributed by atoms with Crippen LogP contribution in [0.4, 0.5) is 4.79 Å². The van der Waals surface area contributed by atoms with Gasteiger partial charge >= 0.3 is 6.03 Å². The molecular formula is C16H15N3O4. The molecule has 1 atom stereocenters. The van der Waals surface area contributed by atoms with E-state index in [-0.39, 0.29) is 6.54 Å². The monoisotopic (exact) mass is 313 g/mol. The van der Waals surface area contributed by atoms with E-state index in [4.69, 9.17) is 10.2 Å². The lowest BCUT2D eigenvalue weighted by Crippen LogP contribution is -2.40. The quantitative estimate of drug-likeness (QED) is 0.831. The SMILES string of the molecule is CC1(c2ccco2)NC(=O)N(Cc2ccc(C(N)=O)cc2)C1=O. The van der Waals surface area contributed by atoms with Crippen molar-refractivity contribution >= 4 is 17.8 Å². The number of hydrogen-bond acceptors (Lipinski definition) is 4. The van der Waals surface area contributed by atoms with Crippen LogP contribution in [0.25, 0.3) is 0 Å². The lowest BCUT2D eigenvalue weighted by Gasteiger charge is -2.19. The van der Waals surface area contributed by atoms with Gasteiger partial charge in [0.1, 0.15) is 5.76 Å². The van der Waals surface area contributed by atoms with Crippen LogP contribution < -0.4 is 11.1 Å². The Kier molecular flexibility index (Phi) is 3.40. The molecular weight excluding hydrogens is 298 g/mol. The van der Waals surface area contributed by atoms with E-state index in [9.17, 15) is 14.4 Å². The van der Waals surface area contributed by atoms with Crippen molar-refractivity contribution in [3.8, 4) is 0 Å². The Bertz CT molecular complexity index is 767. The summed E-state index contributed by atoms with van der Waals surface area (Å²) in [6.45, 7) is 1.70. The molecule has 2 heterocycles. The number of benzene rings is 1. The lowest BCUT2D eigenvalue weighted by molar-refractivity contribution is -0.132. The van der Waals surface area contributed by atoms with E-state index in [1.807, 2.05) is 0 Å². The van der Waals surface area contributed by atoms with Crippen LogP contribution in [0, 0.1) is 0 Å². The smallest absolute Gasteiger partial charge is 0.325 e. The van der Waals surface area contributed by atoms with Crippen LogP contribution >= 0.6 is 0 Å². The Morgan fingerprint density at radius 3 is 2.52 bits per heavy atom. The zero-order valence-electron chi connectivity index (χ0n) is 12.4. The van der Waals surface area contributed by atoms with Gasteiger partial charge in [-0.25, -0.2) is 4.79 Å². The fraction of sp³-hybridized carbons (Fsp3) is 0.188. The maximum absolute atomic E-state index is 12.6. The van der Waals surface area contributed by atoms with Crippen molar-refractivity contribution < 1.29 is 18.8 Å². The van der Waals surface area contributed by atoms with Crippen LogP contribution in [0.3, 0.4) is 0 Å². The van der Waals surface area contributed by atoms with Gasteiger partial charge in [-0.3, -0.25) is 14.5 Å². The molecule has 3 rings (SSSR count). The van der Waals surface area contributed by atoms with Gasteiger partial charge in [-0.1, -0.05) is 12.1 Å². The fourth-order valence-electron chi connectivity index (χ4n) is 2.53. The van der Waals surface area contributed by atoms with Gasteiger partial charge in [-0.15, -0.1) is 0 Å². The number of amides is 4. The highest BCUT2D eigenvalue weighted by atomic mass is 16.3. The number of nitrogens with one attached hydrogen (secondary N) is 1. The summed E-state index contributed by atoms with van der Waals surface area (Å²) >= 11 is 0. The predicted octanol–water partition coefficient (Wildman–Crippen LogP) is 1.35. The van der Waals surface area contributed by atoms with Crippen LogP contribution in [0.1, 0.15) is 28.6 Å². The summed E-state index contributed by atoms with van der Waals surface area (Å²) in [4.78, 5) is 37.0. The normalized spacial score (nSPS) is 20.7. The molecule has 4 amide bonds. The molecule has 1 aliphatic rings. The van der Waals surface area contributed by atoms with Gasteiger partial charge in [0.2, 0.25) is 5.91 Å². The molecule has 0 spiro atoms. The summed E-state index contributed by atoms with van der Waals surface area (Å²) in [6.07, 6.45) is 1.45. The van der Waals surface area contributed by atoms with Crippen LogP contribution in [-0.4, -0.2) is 22.7 Å². The van der Waals surface area contributed by atoms with Gasteiger partial charge in [-0.2, -0.15) is 0 Å². The molecule has 0 radical (unpaired) electrons. The van der Waals surface area contributed by atoms with Gasteiger partial charge < -0.3 is 15.5 Å². The molecule has 1 fully saturated rings. The van der Waals surface area contributed by atoms with Crippen LogP contribution in [-0.2, 0) is 16.9 Å². The number of carbonyl (C=O) groups excluding carboxylic acids is 3. The summed E-state index contributed by atoms with van der Waals surface area (Å²) in [6, 6.07) is 9.23. The van der Waals surface area contributed by atoms with Crippen molar-refractivity contribution in [2.75, 3.05) is 0 Å². The molecule has 7 nitrogen and oxygen atoms in total. The zero-order valence-corrected chi connectivity index (χ0v) is 12.4. The maximum Gasteiger partial charge on any atom is 0.325 e. The molecule has 1 aromatic carbocycles. The number of furan rings is 1. The molecule has 1 aromatic heterocycles. The lowest BCUT2D eigenvalue weighted by atomic mass is 9.99. The third-order valence-corrected chi connectivity index (χ3v) is 3.87. The molecule has 0 saturated carbocycles. The summed E-state index contributed by atoms with van der Waals surface area (Å²) in [5.74, 6) is -0.546. The molecule has 2 aromatic rings. The Balaban J connectivity index is 1.82. The molecule has 3 N–H and O–H groups in total. The molecule has 0 aliphatic carbocycles. The first-order valence-corrected chi connectivity index (χ1v) is 6.98. The van der Waals surface area contributed by atoms with Gasteiger partial charge in [-0.05, 0) is 36.8 Å². The maximum atomic E-state index is 12.6. The second kappa shape index (κ2) is 5.28. The van der Waals surface area contributed by atoms with Gasteiger partial charge in [0.25, 0.3) is 5.91 Å². The van der Waals surface area contributed by atoms with Crippen molar-refractivity contribution in [3.05, 3.63) is 59.5 Å². The molecule has 23 heavy (non-hydrogen) atoms. The third-order valence-electron chi connectivity index (χ3n) is 3.87. The second-order valence-corrected chi connectivity index (χ2v) is 5.48. The van der Waals surface area contributed by atoms with Crippen LogP contribution in [0.5, 0.6) is 0 Å². The molecule has 1 saturated heterocycles. The standard InChI is InChI=1S/C16H15N3O4/c1-16(12-3-2-8-23-12)14(21)19(15(22)18-16)9-10-4-6-11(7-5-10)13(17)20/h2-8H,9H2,1H3,(H2,17,20)(H,18,22). The Morgan fingerprint density at radius 1 is 1.26 bits per heavy atom. The van der Waals surface area contributed by atoms with E-state index < -0.39 is 23.4 Å². The van der Waals surface area contributed by atoms with E-state index in [2.05, 4.69) is 5.32 Å². The number of hydrogen-bond donors (Lipinski definition) is 2. The Labute approximate surface area is 132 Å². The van der Waals surface area contributed by atoms with E-state index in [0.29, 0.717) is 16.9 Å². The number of nitrogens with two attached hydrogens (primary N) is 1. The van der Waals surface area contributed by atoms with Crippen molar-refractivity contribution in [2.24, 2.45) is 5.73 Å². The highest BCUT2D eigenvalue weighted by Gasteiger charge is 2.50. The van der Waals surface area contributed by atoms with Crippen LogP contribution in [0.15, 0.2) is 47.1 Å². The van der Waals surface area contributed by atoms with Crippen molar-refractivity contribution in [1.82, 2.24) is 10.2 Å². The van der Waals surface area contributed by atoms with Gasteiger partial charge in [0.15, 0.2) is 5.54 Å². The van der Waals surface area contributed by atoms with E-state index in [1.165, 1.54) is 6.26 Å². The van der Waals surface area contributed by atoms with Crippen molar-refractivity contribution in [2.45, 2.75) is 19.0 Å². The molecule has 1 aliphatic heterocycles. The minimum Gasteiger partial charge on any atom is -0.466 e. The molecule has 118 valence electrons. The first-order chi connectivity index (χ1) is 10.9. The van der Waals surface area contributed by atoms with E-state index in [1.54, 1.807) is 43.3 Å². The first-order valence-electron chi connectivity index (χ1n) is 6.98. The largest absolute Gasteiger partial charge is 0.466 e. The topological polar surface area (TPSA) is 106 Å². The average Bonchev–Trinajstić information content (AvgIpc) is 3.12. The van der Waals surface area contributed by atoms with E-state index >= 15 is 0 Å².